The molecule has 3 amide bonds. The fourth-order valence-corrected chi connectivity index (χ4v) is 7.97. The number of carbonyl (C=O) groups excluding carboxylic acids is 3. The lowest BCUT2D eigenvalue weighted by Gasteiger charge is -2.30. The molecule has 7 nitrogen and oxygen atoms in total. The number of hydrogen-bond donors (Lipinski definition) is 1. The van der Waals surface area contributed by atoms with Gasteiger partial charge in [0.15, 0.2) is 0 Å². The van der Waals surface area contributed by atoms with Crippen LogP contribution in [0.1, 0.15) is 21.9 Å². The molecular weight excluding hydrogens is 556 g/mol. The zero-order valence-corrected chi connectivity index (χ0v) is 22.6. The summed E-state index contributed by atoms with van der Waals surface area (Å²) in [5.41, 5.74) is 2.35. The van der Waals surface area contributed by atoms with Crippen molar-refractivity contribution < 1.29 is 23.2 Å². The normalized spacial score (nSPS) is 19.9. The van der Waals surface area contributed by atoms with Crippen LogP contribution in [-0.4, -0.2) is 27.5 Å². The number of rotatable bonds is 5. The maximum absolute atomic E-state index is 13.8. The lowest BCUT2D eigenvalue weighted by molar-refractivity contribution is -0.122. The summed E-state index contributed by atoms with van der Waals surface area (Å²) in [6, 6.07) is 17.9. The van der Waals surface area contributed by atoms with Crippen LogP contribution >= 0.6 is 23.1 Å². The van der Waals surface area contributed by atoms with Crippen LogP contribution in [0, 0.1) is 24.5 Å². The number of anilines is 2. The number of thiazole rings is 1. The lowest BCUT2D eigenvalue weighted by atomic mass is 9.83. The van der Waals surface area contributed by atoms with Crippen LogP contribution in [0.4, 0.5) is 20.2 Å². The van der Waals surface area contributed by atoms with Gasteiger partial charge in [-0.05, 0) is 66.6 Å². The van der Waals surface area contributed by atoms with Gasteiger partial charge in [0, 0.05) is 16.5 Å². The summed E-state index contributed by atoms with van der Waals surface area (Å²) >= 11 is 1.98. The van der Waals surface area contributed by atoms with Crippen LogP contribution < -0.4 is 15.1 Å². The first-order valence-corrected chi connectivity index (χ1v) is 14.1. The number of fused-ring (bicyclic) bond motifs is 2. The van der Waals surface area contributed by atoms with Crippen molar-refractivity contribution >= 4 is 52.2 Å². The molecule has 3 heterocycles. The molecule has 0 bridgehead atoms. The molecule has 2 aliphatic heterocycles. The van der Waals surface area contributed by atoms with Crippen molar-refractivity contribution in [2.45, 2.75) is 29.7 Å². The third kappa shape index (κ3) is 4.54. The highest BCUT2D eigenvalue weighted by Crippen LogP contribution is 2.53. The molecule has 202 valence electrons. The van der Waals surface area contributed by atoms with Gasteiger partial charge in [0.2, 0.25) is 17.7 Å². The minimum Gasteiger partial charge on any atom is -0.325 e. The van der Waals surface area contributed by atoms with Gasteiger partial charge in [-0.1, -0.05) is 47.4 Å². The standard InChI is InChI=1S/C29H21F2N3O4S2/c1-15-3-2-4-19(13-15)32-21(35)14-33-28-25(40-29(33)38)22(16-5-7-17(30)8-6-16)23-24(39-28)27(37)34(26(23)36)20-11-9-18(31)10-12-20/h2-13,22-24H,14H2,1H3,(H,32,35)/t22-,23?,24?/m1/s1. The maximum Gasteiger partial charge on any atom is 0.308 e. The van der Waals surface area contributed by atoms with Crippen LogP contribution in [0.3, 0.4) is 0 Å². The predicted octanol–water partition coefficient (Wildman–Crippen LogP) is 4.93. The Bertz CT molecular complexity index is 1720. The molecule has 2 aliphatic rings. The average molecular weight is 578 g/mol. The molecule has 6 rings (SSSR count). The molecule has 2 unspecified atom stereocenters. The van der Waals surface area contributed by atoms with E-state index in [4.69, 9.17) is 0 Å². The Labute approximate surface area is 235 Å². The van der Waals surface area contributed by atoms with Crippen LogP contribution in [0.2, 0.25) is 0 Å². The van der Waals surface area contributed by atoms with Gasteiger partial charge >= 0.3 is 4.87 Å². The topological polar surface area (TPSA) is 88.5 Å². The average Bonchev–Trinajstić information content (AvgIpc) is 3.36. The van der Waals surface area contributed by atoms with Crippen molar-refractivity contribution in [1.82, 2.24) is 4.57 Å². The highest BCUT2D eigenvalue weighted by molar-refractivity contribution is 8.00. The van der Waals surface area contributed by atoms with Gasteiger partial charge in [0.1, 0.15) is 23.4 Å². The highest BCUT2D eigenvalue weighted by Gasteiger charge is 2.56. The molecule has 0 spiro atoms. The second kappa shape index (κ2) is 10.1. The van der Waals surface area contributed by atoms with Crippen molar-refractivity contribution in [2.75, 3.05) is 10.2 Å². The molecular formula is C29H21F2N3O4S2. The Morgan fingerprint density at radius 1 is 0.925 bits per heavy atom. The summed E-state index contributed by atoms with van der Waals surface area (Å²) in [4.78, 5) is 54.8. The minimum absolute atomic E-state index is 0.238. The van der Waals surface area contributed by atoms with E-state index in [1.54, 1.807) is 12.1 Å². The molecule has 3 atom stereocenters. The lowest BCUT2D eigenvalue weighted by Crippen LogP contribution is -2.33. The Kier molecular flexibility index (Phi) is 6.63. The molecule has 11 heteroatoms. The maximum atomic E-state index is 13.8. The number of imide groups is 1. The zero-order chi connectivity index (χ0) is 28.1. The van der Waals surface area contributed by atoms with E-state index in [0.717, 1.165) is 33.6 Å². The van der Waals surface area contributed by atoms with E-state index in [2.05, 4.69) is 5.32 Å². The smallest absolute Gasteiger partial charge is 0.308 e. The number of nitrogens with zero attached hydrogens (tertiary/aromatic N) is 2. The number of halogens is 2. The molecule has 1 N–H and O–H groups in total. The quantitative estimate of drug-likeness (QED) is 0.340. The van der Waals surface area contributed by atoms with E-state index in [1.807, 2.05) is 19.1 Å². The van der Waals surface area contributed by atoms with Crippen LogP contribution in [0.15, 0.2) is 82.6 Å². The first-order valence-electron chi connectivity index (χ1n) is 12.4. The number of nitrogens with one attached hydrogen (secondary N) is 1. The molecule has 0 aliphatic carbocycles. The second-order valence-corrected chi connectivity index (χ2v) is 11.7. The van der Waals surface area contributed by atoms with Crippen LogP contribution in [0.25, 0.3) is 0 Å². The molecule has 0 radical (unpaired) electrons. The summed E-state index contributed by atoms with van der Waals surface area (Å²) in [7, 11) is 0. The number of carbonyl (C=O) groups is 3. The van der Waals surface area contributed by atoms with E-state index in [1.165, 1.54) is 53.1 Å². The molecule has 1 fully saturated rings. The monoisotopic (exact) mass is 577 g/mol. The van der Waals surface area contributed by atoms with E-state index in [9.17, 15) is 28.0 Å². The summed E-state index contributed by atoms with van der Waals surface area (Å²) in [6.45, 7) is 1.61. The minimum atomic E-state index is -0.903. The fraction of sp³-hybridized carbons (Fsp3) is 0.172. The number of thioether (sulfide) groups is 1. The van der Waals surface area contributed by atoms with Crippen LogP contribution in [-0.2, 0) is 20.9 Å². The predicted molar refractivity (Wildman–Crippen MR) is 149 cm³/mol. The Morgan fingerprint density at radius 3 is 2.27 bits per heavy atom. The summed E-state index contributed by atoms with van der Waals surface area (Å²) in [5.74, 6) is -3.98. The van der Waals surface area contributed by atoms with E-state index >= 15 is 0 Å². The number of amides is 3. The van der Waals surface area contributed by atoms with Gasteiger partial charge in [-0.2, -0.15) is 0 Å². The Morgan fingerprint density at radius 2 is 1.60 bits per heavy atom. The van der Waals surface area contributed by atoms with E-state index < -0.39 is 51.3 Å². The third-order valence-corrected chi connectivity index (χ3v) is 9.57. The highest BCUT2D eigenvalue weighted by atomic mass is 32.2. The first-order chi connectivity index (χ1) is 19.2. The largest absolute Gasteiger partial charge is 0.325 e. The van der Waals surface area contributed by atoms with Crippen molar-refractivity contribution in [3.05, 3.63) is 110 Å². The summed E-state index contributed by atoms with van der Waals surface area (Å²) in [6.07, 6.45) is 0. The molecule has 4 aromatic rings. The van der Waals surface area contributed by atoms with Gasteiger partial charge < -0.3 is 5.32 Å². The van der Waals surface area contributed by atoms with Crippen molar-refractivity contribution in [3.63, 3.8) is 0 Å². The summed E-state index contributed by atoms with van der Waals surface area (Å²) in [5, 5.41) is 2.32. The van der Waals surface area contributed by atoms with Gasteiger partial charge in [0.25, 0.3) is 0 Å². The third-order valence-electron chi connectivity index (χ3n) is 6.97. The second-order valence-electron chi connectivity index (χ2n) is 9.62. The molecule has 1 saturated heterocycles. The van der Waals surface area contributed by atoms with Crippen molar-refractivity contribution in [2.24, 2.45) is 5.92 Å². The molecule has 0 saturated carbocycles. The zero-order valence-electron chi connectivity index (χ0n) is 21.0. The van der Waals surface area contributed by atoms with E-state index in [-0.39, 0.29) is 12.2 Å². The molecule has 40 heavy (non-hydrogen) atoms. The SMILES string of the molecule is Cc1cccc(NC(=O)Cn2c3c(sc2=O)[C@H](c2ccc(F)cc2)C2C(=O)N(c4ccc(F)cc4)C(=O)C2S3)c1. The van der Waals surface area contributed by atoms with Gasteiger partial charge in [-0.15, -0.1) is 0 Å². The number of aromatic nitrogens is 1. The molecule has 3 aromatic carbocycles. The number of aryl methyl sites for hydroxylation is 1. The van der Waals surface area contributed by atoms with Crippen LogP contribution in [0.5, 0.6) is 0 Å². The van der Waals surface area contributed by atoms with Gasteiger partial charge in [-0.25, -0.2) is 13.7 Å². The van der Waals surface area contributed by atoms with E-state index in [0.29, 0.717) is 21.2 Å². The summed E-state index contributed by atoms with van der Waals surface area (Å²) < 4.78 is 28.7. The van der Waals surface area contributed by atoms with Gasteiger partial charge in [-0.3, -0.25) is 23.7 Å². The Hall–Kier alpha value is -4.09. The van der Waals surface area contributed by atoms with Crippen molar-refractivity contribution in [3.8, 4) is 0 Å². The number of benzene rings is 3. The van der Waals surface area contributed by atoms with Gasteiger partial charge in [0.05, 0.1) is 16.6 Å². The fourth-order valence-electron chi connectivity index (χ4n) is 5.20. The first kappa shape index (κ1) is 26.1. The molecule has 1 aromatic heterocycles. The van der Waals surface area contributed by atoms with Crippen molar-refractivity contribution in [1.29, 1.82) is 0 Å². The Balaban J connectivity index is 1.41. The number of hydrogen-bond acceptors (Lipinski definition) is 6.